The summed E-state index contributed by atoms with van der Waals surface area (Å²) < 4.78 is 237. The first-order chi connectivity index (χ1) is 24.6. The van der Waals surface area contributed by atoms with Gasteiger partial charge in [-0.1, -0.05) is 83.5 Å². The molecule has 0 amide bonds. The molecular formula is C31H44F18O3S2. The van der Waals surface area contributed by atoms with Gasteiger partial charge in [0, 0.05) is 18.1 Å². The quantitative estimate of drug-likeness (QED) is 0.0356. The molecule has 0 aliphatic carbocycles. The van der Waals surface area contributed by atoms with Crippen molar-refractivity contribution >= 4 is 29.5 Å². The van der Waals surface area contributed by atoms with E-state index in [1.807, 2.05) is 0 Å². The van der Waals surface area contributed by atoms with E-state index >= 15 is 0 Å². The van der Waals surface area contributed by atoms with Crippen LogP contribution in [0.1, 0.15) is 116 Å². The number of alkyl halides is 18. The van der Waals surface area contributed by atoms with Gasteiger partial charge in [-0.2, -0.15) is 103 Å². The third-order valence-corrected chi connectivity index (χ3v) is 10.5. The normalized spacial score (nSPS) is 14.2. The topological polar surface area (TPSA) is 35.5 Å². The SMILES string of the molecule is O=C(CCCCCCCCCCSCSCCCCCCCCCCCOC(C(F)(F)F)(C(F)(F)F)C(F)(F)F)OC(C(F)(F)F)(C(F)(F)F)C(F)(F)F. The van der Waals surface area contributed by atoms with Gasteiger partial charge in [0.05, 0.1) is 0 Å². The average molecular weight is 871 g/mol. The lowest BCUT2D eigenvalue weighted by atomic mass is 10.0. The van der Waals surface area contributed by atoms with Gasteiger partial charge < -0.3 is 9.47 Å². The zero-order chi connectivity index (χ0) is 42.0. The molecule has 0 fully saturated rings. The Bertz CT molecular complexity index is 950. The van der Waals surface area contributed by atoms with E-state index in [1.165, 1.54) is 0 Å². The molecule has 3 nitrogen and oxygen atoms in total. The van der Waals surface area contributed by atoms with Crippen LogP contribution in [-0.4, -0.2) is 77.4 Å². The Morgan fingerprint density at radius 2 is 0.648 bits per heavy atom. The molecule has 0 radical (unpaired) electrons. The minimum absolute atomic E-state index is 0.114. The van der Waals surface area contributed by atoms with Crippen molar-refractivity contribution in [1.29, 1.82) is 0 Å². The highest BCUT2D eigenvalue weighted by Gasteiger charge is 2.87. The Hall–Kier alpha value is -1.13. The van der Waals surface area contributed by atoms with Crippen LogP contribution in [0.4, 0.5) is 79.0 Å². The summed E-state index contributed by atoms with van der Waals surface area (Å²) in [6, 6.07) is 0. The molecule has 0 atom stereocenters. The van der Waals surface area contributed by atoms with Gasteiger partial charge in [-0.3, -0.25) is 4.79 Å². The van der Waals surface area contributed by atoms with E-state index in [-0.39, 0.29) is 19.3 Å². The van der Waals surface area contributed by atoms with E-state index in [9.17, 15) is 83.8 Å². The highest BCUT2D eigenvalue weighted by molar-refractivity contribution is 8.15. The van der Waals surface area contributed by atoms with E-state index in [1.54, 1.807) is 23.5 Å². The van der Waals surface area contributed by atoms with Crippen LogP contribution in [0.15, 0.2) is 0 Å². The van der Waals surface area contributed by atoms with Gasteiger partial charge >= 0.3 is 54.2 Å². The largest absolute Gasteiger partial charge is 0.447 e. The molecule has 54 heavy (non-hydrogen) atoms. The first-order valence-electron chi connectivity index (χ1n) is 17.0. The van der Waals surface area contributed by atoms with E-state index in [2.05, 4.69) is 9.47 Å². The molecule has 0 heterocycles. The summed E-state index contributed by atoms with van der Waals surface area (Å²) >= 11 is 3.53. The molecule has 0 aliphatic heterocycles. The first-order valence-corrected chi connectivity index (χ1v) is 19.3. The van der Waals surface area contributed by atoms with Crippen LogP contribution in [0, 0.1) is 0 Å². The van der Waals surface area contributed by atoms with Crippen molar-refractivity contribution in [2.45, 2.75) is 164 Å². The molecule has 0 saturated heterocycles. The number of halogens is 18. The second-order valence-electron chi connectivity index (χ2n) is 12.4. The molecule has 0 aromatic carbocycles. The van der Waals surface area contributed by atoms with Crippen LogP contribution in [0.3, 0.4) is 0 Å². The lowest BCUT2D eigenvalue weighted by molar-refractivity contribution is -0.457. The molecule has 0 rings (SSSR count). The minimum atomic E-state index is -6.96. The number of carbonyl (C=O) groups is 1. The van der Waals surface area contributed by atoms with Crippen molar-refractivity contribution in [1.82, 2.24) is 0 Å². The van der Waals surface area contributed by atoms with Gasteiger partial charge in [0.25, 0.3) is 0 Å². The summed E-state index contributed by atoms with van der Waals surface area (Å²) in [5.41, 5.74) is -12.8. The molecule has 0 saturated carbocycles. The van der Waals surface area contributed by atoms with E-state index in [4.69, 9.17) is 0 Å². The molecule has 23 heteroatoms. The summed E-state index contributed by atoms with van der Waals surface area (Å²) in [6.07, 6.45) is -32.3. The molecule has 0 bridgehead atoms. The number of esters is 1. The molecule has 0 unspecified atom stereocenters. The predicted octanol–water partition coefficient (Wildman–Crippen LogP) is 13.8. The Morgan fingerprint density at radius 3 is 0.963 bits per heavy atom. The zero-order valence-electron chi connectivity index (χ0n) is 28.9. The van der Waals surface area contributed by atoms with E-state index in [0.29, 0.717) is 25.7 Å². The van der Waals surface area contributed by atoms with Crippen molar-refractivity contribution in [3.63, 3.8) is 0 Å². The van der Waals surface area contributed by atoms with Crippen molar-refractivity contribution < 1.29 is 93.3 Å². The maximum absolute atomic E-state index is 12.8. The van der Waals surface area contributed by atoms with E-state index in [0.717, 1.165) is 74.4 Å². The summed E-state index contributed by atoms with van der Waals surface area (Å²) in [4.78, 5) is 11.5. The number of hydrogen-bond donors (Lipinski definition) is 0. The van der Waals surface area contributed by atoms with Crippen LogP contribution in [0.2, 0.25) is 0 Å². The fourth-order valence-corrected chi connectivity index (χ4v) is 7.32. The van der Waals surface area contributed by atoms with Gasteiger partial charge in [0.15, 0.2) is 0 Å². The number of carbonyl (C=O) groups excluding carboxylic acids is 1. The summed E-state index contributed by atoms with van der Waals surface area (Å²) in [5.74, 6) is -0.393. The van der Waals surface area contributed by atoms with Gasteiger partial charge in [-0.15, -0.1) is 0 Å². The van der Waals surface area contributed by atoms with Crippen LogP contribution in [0.25, 0.3) is 0 Å². The second-order valence-corrected chi connectivity index (χ2v) is 14.9. The fraction of sp³-hybridized carbons (Fsp3) is 0.968. The molecule has 0 aromatic rings. The van der Waals surface area contributed by atoms with Crippen LogP contribution in [-0.2, 0) is 14.3 Å². The van der Waals surface area contributed by atoms with Crippen LogP contribution < -0.4 is 0 Å². The standard InChI is InChI=1S/C31H44F18O3S2/c32-26(33,34)24(27(35,36)37,28(38,39)40)51-19-15-11-7-3-1-4-8-12-16-20-53-22-54-21-17-13-9-5-2-6-10-14-18-23(50)52-25(29(41,42)43,30(44,45)46)31(47,48)49/h1-22H2. The van der Waals surface area contributed by atoms with Gasteiger partial charge in [0.2, 0.25) is 0 Å². The fourth-order valence-electron chi connectivity index (χ4n) is 5.08. The number of thioether (sulfide) groups is 2. The second kappa shape index (κ2) is 23.3. The van der Waals surface area contributed by atoms with Gasteiger partial charge in [0.1, 0.15) is 0 Å². The molecule has 0 spiro atoms. The van der Waals surface area contributed by atoms with Crippen LogP contribution in [0.5, 0.6) is 0 Å². The molecule has 0 aromatic heterocycles. The Labute approximate surface area is 309 Å². The number of rotatable bonds is 27. The predicted molar refractivity (Wildman–Crippen MR) is 167 cm³/mol. The maximum atomic E-state index is 12.8. The highest BCUT2D eigenvalue weighted by Crippen LogP contribution is 2.56. The maximum Gasteiger partial charge on any atom is 0.447 e. The average Bonchev–Trinajstić information content (AvgIpc) is 2.97. The summed E-state index contributed by atoms with van der Waals surface area (Å²) in [5, 5.41) is 0.887. The number of hydrogen-bond acceptors (Lipinski definition) is 5. The number of unbranched alkanes of at least 4 members (excludes halogenated alkanes) is 15. The van der Waals surface area contributed by atoms with Crippen LogP contribution >= 0.6 is 23.5 Å². The number of ether oxygens (including phenoxy) is 2. The van der Waals surface area contributed by atoms with Gasteiger partial charge in [-0.25, -0.2) is 0 Å². The summed E-state index contributed by atoms with van der Waals surface area (Å²) in [6.45, 7) is -1.35. The Balaban J connectivity index is 3.80. The van der Waals surface area contributed by atoms with Gasteiger partial charge in [-0.05, 0) is 37.2 Å². The third-order valence-electron chi connectivity index (χ3n) is 8.00. The van der Waals surface area contributed by atoms with Crippen molar-refractivity contribution in [3.05, 3.63) is 0 Å². The first kappa shape index (κ1) is 52.9. The summed E-state index contributed by atoms with van der Waals surface area (Å²) in [7, 11) is 0. The molecule has 0 aliphatic rings. The lowest BCUT2D eigenvalue weighted by Crippen LogP contribution is -2.68. The molecule has 0 N–H and O–H groups in total. The smallest absolute Gasteiger partial charge is 0.432 e. The van der Waals surface area contributed by atoms with Crippen molar-refractivity contribution in [3.8, 4) is 0 Å². The highest BCUT2D eigenvalue weighted by atomic mass is 32.2. The Morgan fingerprint density at radius 1 is 0.370 bits per heavy atom. The molecule has 324 valence electrons. The zero-order valence-corrected chi connectivity index (χ0v) is 30.5. The Kier molecular flexibility index (Phi) is 22.8. The van der Waals surface area contributed by atoms with Crippen molar-refractivity contribution in [2.75, 3.05) is 23.2 Å². The third kappa shape index (κ3) is 16.8. The lowest BCUT2D eigenvalue weighted by Gasteiger charge is -2.38. The monoisotopic (exact) mass is 870 g/mol. The van der Waals surface area contributed by atoms with Crippen molar-refractivity contribution in [2.24, 2.45) is 0 Å². The van der Waals surface area contributed by atoms with E-state index < -0.39 is 73.7 Å². The minimum Gasteiger partial charge on any atom is -0.432 e. The molecular weight excluding hydrogens is 826 g/mol.